The van der Waals surface area contributed by atoms with Crippen LogP contribution in [-0.2, 0) is 16.3 Å². The van der Waals surface area contributed by atoms with Crippen molar-refractivity contribution < 1.29 is 13.5 Å². The van der Waals surface area contributed by atoms with Crippen LogP contribution in [0, 0.1) is 0 Å². The van der Waals surface area contributed by atoms with Crippen LogP contribution >= 0.6 is 0 Å². The molecule has 0 spiro atoms. The molecule has 1 aliphatic heterocycles. The fourth-order valence-corrected chi connectivity index (χ4v) is 3.88. The van der Waals surface area contributed by atoms with Crippen molar-refractivity contribution in [3.05, 3.63) is 18.0 Å². The molecule has 2 rings (SSSR count). The lowest BCUT2D eigenvalue weighted by Gasteiger charge is -2.22. The van der Waals surface area contributed by atoms with Gasteiger partial charge in [-0.25, -0.2) is 8.42 Å². The smallest absolute Gasteiger partial charge is 0.152 e. The zero-order valence-electron chi connectivity index (χ0n) is 9.75. The van der Waals surface area contributed by atoms with Crippen molar-refractivity contribution in [3.8, 4) is 0 Å². The Kier molecular flexibility index (Phi) is 3.83. The molecule has 0 radical (unpaired) electrons. The lowest BCUT2D eigenvalue weighted by Crippen LogP contribution is -2.27. The van der Waals surface area contributed by atoms with Gasteiger partial charge in [0.05, 0.1) is 23.7 Å². The zero-order valence-corrected chi connectivity index (χ0v) is 10.6. The first-order valence-corrected chi connectivity index (χ1v) is 7.77. The average molecular weight is 258 g/mol. The molecule has 1 aliphatic rings. The summed E-state index contributed by atoms with van der Waals surface area (Å²) in [6, 6.07) is -0.0170. The molecular formula is C11H18N2O3S. The Morgan fingerprint density at radius 1 is 1.53 bits per heavy atom. The fraction of sp³-hybridized carbons (Fsp3) is 0.727. The van der Waals surface area contributed by atoms with E-state index in [1.54, 1.807) is 10.9 Å². The maximum atomic E-state index is 11.5. The highest BCUT2D eigenvalue weighted by Gasteiger charge is 2.26. The number of nitrogens with zero attached hydrogens (tertiary/aromatic N) is 2. The molecule has 17 heavy (non-hydrogen) atoms. The summed E-state index contributed by atoms with van der Waals surface area (Å²) in [7, 11) is -2.89. The van der Waals surface area contributed by atoms with E-state index >= 15 is 0 Å². The molecular weight excluding hydrogens is 240 g/mol. The molecule has 0 aromatic carbocycles. The van der Waals surface area contributed by atoms with Crippen molar-refractivity contribution in [2.45, 2.75) is 31.7 Å². The summed E-state index contributed by atoms with van der Waals surface area (Å²) in [5.74, 6) is 0.510. The van der Waals surface area contributed by atoms with E-state index in [1.807, 2.05) is 6.20 Å². The summed E-state index contributed by atoms with van der Waals surface area (Å²) < 4.78 is 24.8. The second-order valence-corrected chi connectivity index (χ2v) is 6.79. The van der Waals surface area contributed by atoms with Gasteiger partial charge in [-0.05, 0) is 31.2 Å². The van der Waals surface area contributed by atoms with Gasteiger partial charge in [0.1, 0.15) is 0 Å². The van der Waals surface area contributed by atoms with Gasteiger partial charge in [0.2, 0.25) is 0 Å². The van der Waals surface area contributed by atoms with Crippen LogP contribution in [0.2, 0.25) is 0 Å². The van der Waals surface area contributed by atoms with Crippen molar-refractivity contribution in [1.82, 2.24) is 9.78 Å². The third-order valence-electron chi connectivity index (χ3n) is 3.09. The number of hydrogen-bond donors (Lipinski definition) is 1. The number of aryl methyl sites for hydroxylation is 1. The largest absolute Gasteiger partial charge is 0.396 e. The van der Waals surface area contributed by atoms with Gasteiger partial charge >= 0.3 is 0 Å². The van der Waals surface area contributed by atoms with E-state index < -0.39 is 9.84 Å². The van der Waals surface area contributed by atoms with Gasteiger partial charge in [0.15, 0.2) is 9.84 Å². The van der Waals surface area contributed by atoms with E-state index in [0.717, 1.165) is 24.8 Å². The van der Waals surface area contributed by atoms with Crippen LogP contribution < -0.4 is 0 Å². The number of aliphatic hydroxyl groups is 1. The second-order valence-electron chi connectivity index (χ2n) is 4.57. The van der Waals surface area contributed by atoms with Crippen LogP contribution in [0.1, 0.15) is 30.9 Å². The average Bonchev–Trinajstić information content (AvgIpc) is 2.73. The standard InChI is InChI=1S/C11H18N2O3S/c14-5-1-3-10-7-12-13(8-10)11-4-2-6-17(15,16)9-11/h7-8,11,14H,1-6,9H2. The molecule has 0 amide bonds. The predicted octanol–water partition coefficient (Wildman–Crippen LogP) is 0.558. The van der Waals surface area contributed by atoms with Crippen LogP contribution in [0.5, 0.6) is 0 Å². The molecule has 1 aromatic heterocycles. The summed E-state index contributed by atoms with van der Waals surface area (Å²) in [4.78, 5) is 0. The first-order chi connectivity index (χ1) is 8.11. The van der Waals surface area contributed by atoms with E-state index in [4.69, 9.17) is 5.11 Å². The van der Waals surface area contributed by atoms with Gasteiger partial charge in [0.25, 0.3) is 0 Å². The van der Waals surface area contributed by atoms with E-state index in [1.165, 1.54) is 0 Å². The SMILES string of the molecule is O=S1(=O)CCCC(n2cc(CCCO)cn2)C1. The minimum Gasteiger partial charge on any atom is -0.396 e. The zero-order chi connectivity index (χ0) is 12.3. The highest BCUT2D eigenvalue weighted by Crippen LogP contribution is 2.22. The number of rotatable bonds is 4. The molecule has 0 bridgehead atoms. The summed E-state index contributed by atoms with van der Waals surface area (Å²) in [6.45, 7) is 0.170. The normalized spacial score (nSPS) is 23.7. The van der Waals surface area contributed by atoms with E-state index in [9.17, 15) is 8.42 Å². The van der Waals surface area contributed by atoms with E-state index in [-0.39, 0.29) is 18.4 Å². The fourth-order valence-electron chi connectivity index (χ4n) is 2.20. The highest BCUT2D eigenvalue weighted by molar-refractivity contribution is 7.91. The van der Waals surface area contributed by atoms with Crippen molar-refractivity contribution in [3.63, 3.8) is 0 Å². The maximum absolute atomic E-state index is 11.5. The first-order valence-electron chi connectivity index (χ1n) is 5.95. The van der Waals surface area contributed by atoms with Gasteiger partial charge in [0, 0.05) is 12.8 Å². The topological polar surface area (TPSA) is 72.2 Å². The Bertz CT molecular complexity index is 467. The lowest BCUT2D eigenvalue weighted by atomic mass is 10.2. The number of sulfone groups is 1. The van der Waals surface area contributed by atoms with Crippen molar-refractivity contribution in [2.75, 3.05) is 18.1 Å². The van der Waals surface area contributed by atoms with Crippen molar-refractivity contribution in [1.29, 1.82) is 0 Å². The van der Waals surface area contributed by atoms with Crippen LogP contribution in [0.3, 0.4) is 0 Å². The van der Waals surface area contributed by atoms with Crippen LogP contribution in [0.15, 0.2) is 12.4 Å². The molecule has 1 N–H and O–H groups in total. The summed E-state index contributed by atoms with van der Waals surface area (Å²) in [5.41, 5.74) is 1.06. The first kappa shape index (κ1) is 12.6. The van der Waals surface area contributed by atoms with Crippen LogP contribution in [-0.4, -0.2) is 41.4 Å². The molecule has 1 fully saturated rings. The molecule has 96 valence electrons. The van der Waals surface area contributed by atoms with Crippen LogP contribution in [0.25, 0.3) is 0 Å². The number of aliphatic hydroxyl groups excluding tert-OH is 1. The Morgan fingerprint density at radius 3 is 3.06 bits per heavy atom. The molecule has 6 heteroatoms. The molecule has 0 aliphatic carbocycles. The third kappa shape index (κ3) is 3.29. The Labute approximate surface area is 101 Å². The quantitative estimate of drug-likeness (QED) is 0.856. The minimum absolute atomic E-state index is 0.0170. The molecule has 1 saturated heterocycles. The van der Waals surface area contributed by atoms with Crippen molar-refractivity contribution >= 4 is 9.84 Å². The highest BCUT2D eigenvalue weighted by atomic mass is 32.2. The molecule has 0 saturated carbocycles. The Hall–Kier alpha value is -0.880. The van der Waals surface area contributed by atoms with Gasteiger partial charge in [-0.1, -0.05) is 0 Å². The number of aromatic nitrogens is 2. The van der Waals surface area contributed by atoms with E-state index in [2.05, 4.69) is 5.10 Å². The summed E-state index contributed by atoms with van der Waals surface area (Å²) in [6.07, 6.45) is 6.77. The molecule has 1 aromatic rings. The molecule has 1 unspecified atom stereocenters. The molecule has 1 atom stereocenters. The lowest BCUT2D eigenvalue weighted by molar-refractivity contribution is 0.288. The maximum Gasteiger partial charge on any atom is 0.152 e. The van der Waals surface area contributed by atoms with Gasteiger partial charge in [-0.3, -0.25) is 4.68 Å². The second kappa shape index (κ2) is 5.18. The van der Waals surface area contributed by atoms with E-state index in [0.29, 0.717) is 12.2 Å². The van der Waals surface area contributed by atoms with Crippen molar-refractivity contribution in [2.24, 2.45) is 0 Å². The summed E-state index contributed by atoms with van der Waals surface area (Å²) >= 11 is 0. The van der Waals surface area contributed by atoms with Gasteiger partial charge in [-0.2, -0.15) is 5.10 Å². The molecule has 2 heterocycles. The molecule has 5 nitrogen and oxygen atoms in total. The predicted molar refractivity (Wildman–Crippen MR) is 64.6 cm³/mol. The van der Waals surface area contributed by atoms with Crippen LogP contribution in [0.4, 0.5) is 0 Å². The minimum atomic E-state index is -2.89. The monoisotopic (exact) mass is 258 g/mol. The van der Waals surface area contributed by atoms with Gasteiger partial charge < -0.3 is 5.11 Å². The Morgan fingerprint density at radius 2 is 2.35 bits per heavy atom. The third-order valence-corrected chi connectivity index (χ3v) is 4.90. The Balaban J connectivity index is 2.04. The van der Waals surface area contributed by atoms with Gasteiger partial charge in [-0.15, -0.1) is 0 Å². The number of hydrogen-bond acceptors (Lipinski definition) is 4. The summed E-state index contributed by atoms with van der Waals surface area (Å²) in [5, 5.41) is 13.0.